The molecule has 0 bridgehead atoms. The molecule has 1 aliphatic rings. The number of carbonyl (C=O) groups is 1. The lowest BCUT2D eigenvalue weighted by Gasteiger charge is -2.40. The number of rotatable bonds is 4. The molecule has 2 unspecified atom stereocenters. The molecule has 5 nitrogen and oxygen atoms in total. The third kappa shape index (κ3) is 2.94. The number of nitrogens with two attached hydrogens (primary N) is 2. The fourth-order valence-electron chi connectivity index (χ4n) is 2.89. The Morgan fingerprint density at radius 3 is 2.80 bits per heavy atom. The number of anilines is 1. The van der Waals surface area contributed by atoms with Crippen LogP contribution in [0.4, 0.5) is 5.69 Å². The zero-order valence-corrected chi connectivity index (χ0v) is 12.1. The van der Waals surface area contributed by atoms with Crippen LogP contribution in [-0.2, 0) is 4.74 Å². The van der Waals surface area contributed by atoms with Crippen LogP contribution in [0.25, 0.3) is 0 Å². The van der Waals surface area contributed by atoms with Gasteiger partial charge in [0.05, 0.1) is 6.10 Å². The van der Waals surface area contributed by atoms with E-state index in [4.69, 9.17) is 16.2 Å². The van der Waals surface area contributed by atoms with Crippen molar-refractivity contribution in [3.05, 3.63) is 29.3 Å². The van der Waals surface area contributed by atoms with Crippen molar-refractivity contribution in [3.63, 3.8) is 0 Å². The molecule has 1 heterocycles. The van der Waals surface area contributed by atoms with E-state index in [0.717, 1.165) is 30.6 Å². The minimum absolute atomic E-state index is 0.271. The molecule has 20 heavy (non-hydrogen) atoms. The van der Waals surface area contributed by atoms with Crippen molar-refractivity contribution >= 4 is 11.6 Å². The van der Waals surface area contributed by atoms with E-state index in [9.17, 15) is 4.79 Å². The second-order valence-corrected chi connectivity index (χ2v) is 5.33. The molecule has 1 aromatic rings. The monoisotopic (exact) mass is 277 g/mol. The van der Waals surface area contributed by atoms with Crippen molar-refractivity contribution in [2.75, 3.05) is 25.1 Å². The topological polar surface area (TPSA) is 81.6 Å². The van der Waals surface area contributed by atoms with Crippen LogP contribution >= 0.6 is 0 Å². The average Bonchev–Trinajstić information content (AvgIpc) is 2.46. The molecule has 1 amide bonds. The van der Waals surface area contributed by atoms with Gasteiger partial charge in [0.25, 0.3) is 0 Å². The molecule has 1 aliphatic heterocycles. The molecule has 1 aromatic carbocycles. The van der Waals surface area contributed by atoms with Crippen LogP contribution < -0.4 is 16.4 Å². The van der Waals surface area contributed by atoms with E-state index in [0.29, 0.717) is 12.1 Å². The number of amides is 1. The molecular formula is C15H23N3O2. The van der Waals surface area contributed by atoms with Gasteiger partial charge in [-0.25, -0.2) is 0 Å². The van der Waals surface area contributed by atoms with E-state index >= 15 is 0 Å². The normalized spacial score (nSPS) is 22.9. The van der Waals surface area contributed by atoms with Crippen LogP contribution in [0.1, 0.15) is 28.8 Å². The zero-order chi connectivity index (χ0) is 14.7. The van der Waals surface area contributed by atoms with Gasteiger partial charge in [0.15, 0.2) is 0 Å². The number of piperidine rings is 1. The lowest BCUT2D eigenvalue weighted by Crippen LogP contribution is -2.48. The Labute approximate surface area is 119 Å². The highest BCUT2D eigenvalue weighted by molar-refractivity contribution is 5.94. The Balaban J connectivity index is 2.22. The van der Waals surface area contributed by atoms with Crippen LogP contribution in [0.15, 0.2) is 18.2 Å². The second kappa shape index (κ2) is 6.24. The number of ether oxygens (including phenoxy) is 1. The Hall–Kier alpha value is -1.59. The van der Waals surface area contributed by atoms with Gasteiger partial charge in [-0.3, -0.25) is 4.79 Å². The first kappa shape index (κ1) is 14.8. The molecule has 1 saturated heterocycles. The van der Waals surface area contributed by atoms with Gasteiger partial charge in [0.1, 0.15) is 0 Å². The van der Waals surface area contributed by atoms with Crippen molar-refractivity contribution in [1.29, 1.82) is 0 Å². The van der Waals surface area contributed by atoms with Crippen molar-refractivity contribution in [2.45, 2.75) is 31.9 Å². The predicted molar refractivity (Wildman–Crippen MR) is 79.9 cm³/mol. The first-order valence-corrected chi connectivity index (χ1v) is 6.96. The maximum atomic E-state index is 11.3. The molecule has 0 aromatic heterocycles. The van der Waals surface area contributed by atoms with Crippen LogP contribution in [0.2, 0.25) is 0 Å². The van der Waals surface area contributed by atoms with Crippen molar-refractivity contribution in [1.82, 2.24) is 0 Å². The van der Waals surface area contributed by atoms with Gasteiger partial charge in [-0.05, 0) is 43.5 Å². The molecule has 0 radical (unpaired) electrons. The molecule has 5 heteroatoms. The van der Waals surface area contributed by atoms with Gasteiger partial charge in [-0.2, -0.15) is 0 Å². The number of primary amides is 1. The quantitative estimate of drug-likeness (QED) is 0.861. The molecule has 2 atom stereocenters. The summed E-state index contributed by atoms with van der Waals surface area (Å²) >= 11 is 0. The third-order valence-corrected chi connectivity index (χ3v) is 4.08. The standard InChI is InChI=1S/C15H23N3O2/c1-10-7-11(3-4-14(10)15(17)19)18-6-5-13(20-2)8-12(18)9-16/h3-4,7,12-13H,5-6,8-9,16H2,1-2H3,(H2,17,19). The average molecular weight is 277 g/mol. The zero-order valence-electron chi connectivity index (χ0n) is 12.1. The molecule has 4 N–H and O–H groups in total. The number of benzene rings is 1. The Morgan fingerprint density at radius 1 is 1.50 bits per heavy atom. The molecule has 0 saturated carbocycles. The van der Waals surface area contributed by atoms with Crippen molar-refractivity contribution < 1.29 is 9.53 Å². The number of aryl methyl sites for hydroxylation is 1. The molecule has 1 fully saturated rings. The lowest BCUT2D eigenvalue weighted by atomic mass is 9.97. The minimum Gasteiger partial charge on any atom is -0.381 e. The second-order valence-electron chi connectivity index (χ2n) is 5.33. The van der Waals surface area contributed by atoms with E-state index in [-0.39, 0.29) is 18.1 Å². The number of hydrogen-bond acceptors (Lipinski definition) is 4. The number of methoxy groups -OCH3 is 1. The summed E-state index contributed by atoms with van der Waals surface area (Å²) in [6.07, 6.45) is 2.21. The Morgan fingerprint density at radius 2 is 2.25 bits per heavy atom. The van der Waals surface area contributed by atoms with Crippen molar-refractivity contribution in [2.24, 2.45) is 11.5 Å². The SMILES string of the molecule is COC1CCN(c2ccc(C(N)=O)c(C)c2)C(CN)C1. The predicted octanol–water partition coefficient (Wildman–Crippen LogP) is 1.04. The van der Waals surface area contributed by atoms with E-state index in [2.05, 4.69) is 4.90 Å². The number of hydrogen-bond donors (Lipinski definition) is 2. The van der Waals surface area contributed by atoms with E-state index < -0.39 is 0 Å². The summed E-state index contributed by atoms with van der Waals surface area (Å²) in [4.78, 5) is 13.6. The number of nitrogens with zero attached hydrogens (tertiary/aromatic N) is 1. The Kier molecular flexibility index (Phi) is 4.62. The summed E-state index contributed by atoms with van der Waals surface area (Å²) in [6, 6.07) is 6.02. The van der Waals surface area contributed by atoms with Crippen LogP contribution in [0, 0.1) is 6.92 Å². The van der Waals surface area contributed by atoms with Crippen LogP contribution in [0.5, 0.6) is 0 Å². The van der Waals surface area contributed by atoms with Gasteiger partial charge in [-0.1, -0.05) is 0 Å². The summed E-state index contributed by atoms with van der Waals surface area (Å²) in [7, 11) is 1.75. The highest BCUT2D eigenvalue weighted by Crippen LogP contribution is 2.27. The van der Waals surface area contributed by atoms with Gasteiger partial charge in [-0.15, -0.1) is 0 Å². The van der Waals surface area contributed by atoms with E-state index in [1.807, 2.05) is 19.1 Å². The summed E-state index contributed by atoms with van der Waals surface area (Å²) < 4.78 is 5.44. The van der Waals surface area contributed by atoms with Crippen LogP contribution in [-0.4, -0.2) is 38.3 Å². The maximum absolute atomic E-state index is 11.3. The maximum Gasteiger partial charge on any atom is 0.248 e. The van der Waals surface area contributed by atoms with Gasteiger partial charge in [0.2, 0.25) is 5.91 Å². The van der Waals surface area contributed by atoms with Gasteiger partial charge in [0, 0.05) is 37.5 Å². The van der Waals surface area contributed by atoms with E-state index in [1.165, 1.54) is 0 Å². The Bertz CT molecular complexity index is 490. The summed E-state index contributed by atoms with van der Waals surface area (Å²) in [5.41, 5.74) is 13.8. The van der Waals surface area contributed by atoms with Crippen LogP contribution in [0.3, 0.4) is 0 Å². The van der Waals surface area contributed by atoms with Crippen molar-refractivity contribution in [3.8, 4) is 0 Å². The van der Waals surface area contributed by atoms with Gasteiger partial charge < -0.3 is 21.1 Å². The fourth-order valence-corrected chi connectivity index (χ4v) is 2.89. The summed E-state index contributed by atoms with van der Waals surface area (Å²) in [5, 5.41) is 0. The number of carbonyl (C=O) groups excluding carboxylic acids is 1. The van der Waals surface area contributed by atoms with Gasteiger partial charge >= 0.3 is 0 Å². The third-order valence-electron chi connectivity index (χ3n) is 4.08. The fraction of sp³-hybridized carbons (Fsp3) is 0.533. The first-order valence-electron chi connectivity index (χ1n) is 6.96. The molecule has 2 rings (SSSR count). The summed E-state index contributed by atoms with van der Waals surface area (Å²) in [6.45, 7) is 3.41. The molecule has 110 valence electrons. The molecule has 0 aliphatic carbocycles. The minimum atomic E-state index is -0.387. The molecule has 0 spiro atoms. The lowest BCUT2D eigenvalue weighted by molar-refractivity contribution is 0.0709. The largest absolute Gasteiger partial charge is 0.381 e. The highest BCUT2D eigenvalue weighted by Gasteiger charge is 2.27. The van der Waals surface area contributed by atoms with E-state index in [1.54, 1.807) is 13.2 Å². The smallest absolute Gasteiger partial charge is 0.248 e. The highest BCUT2D eigenvalue weighted by atomic mass is 16.5. The summed E-state index contributed by atoms with van der Waals surface area (Å²) in [5.74, 6) is -0.387. The first-order chi connectivity index (χ1) is 9.56. The molecular weight excluding hydrogens is 254 g/mol.